The Morgan fingerprint density at radius 3 is 2.50 bits per heavy atom. The summed E-state index contributed by atoms with van der Waals surface area (Å²) in [5.74, 6) is 3.08. The second kappa shape index (κ2) is 5.39. The molecule has 2 fully saturated rings. The molecule has 4 heteroatoms. The van der Waals surface area contributed by atoms with Crippen LogP contribution in [0.5, 0.6) is 0 Å². The molecule has 3 rings (SSSR count). The smallest absolute Gasteiger partial charge is 0.153 e. The van der Waals surface area contributed by atoms with Gasteiger partial charge < -0.3 is 5.73 Å². The van der Waals surface area contributed by atoms with Gasteiger partial charge in [0.05, 0.1) is 0 Å². The largest absolute Gasteiger partial charge is 0.327 e. The van der Waals surface area contributed by atoms with Gasteiger partial charge in [-0.25, -0.2) is 4.98 Å². The van der Waals surface area contributed by atoms with Crippen LogP contribution in [-0.2, 0) is 0 Å². The zero-order chi connectivity index (χ0) is 12.4. The van der Waals surface area contributed by atoms with Crippen molar-refractivity contribution in [3.8, 4) is 0 Å². The van der Waals surface area contributed by atoms with Crippen LogP contribution in [-0.4, -0.2) is 21.2 Å². The first-order valence-electron chi connectivity index (χ1n) is 7.52. The molecule has 3 N–H and O–H groups in total. The molecule has 2 saturated carbocycles. The molecule has 0 aromatic carbocycles. The normalized spacial score (nSPS) is 30.5. The van der Waals surface area contributed by atoms with Crippen molar-refractivity contribution in [2.75, 3.05) is 0 Å². The van der Waals surface area contributed by atoms with Crippen LogP contribution in [0.3, 0.4) is 0 Å². The Kier molecular flexibility index (Phi) is 3.64. The summed E-state index contributed by atoms with van der Waals surface area (Å²) < 4.78 is 0. The van der Waals surface area contributed by atoms with Crippen molar-refractivity contribution in [1.82, 2.24) is 15.2 Å². The van der Waals surface area contributed by atoms with E-state index in [2.05, 4.69) is 10.2 Å². The van der Waals surface area contributed by atoms with Gasteiger partial charge in [-0.3, -0.25) is 5.10 Å². The summed E-state index contributed by atoms with van der Waals surface area (Å²) in [4.78, 5) is 4.76. The number of nitrogens with two attached hydrogens (primary N) is 1. The Balaban J connectivity index is 1.74. The summed E-state index contributed by atoms with van der Waals surface area (Å²) in [5.41, 5.74) is 6.29. The summed E-state index contributed by atoms with van der Waals surface area (Å²) in [7, 11) is 0. The van der Waals surface area contributed by atoms with Gasteiger partial charge >= 0.3 is 0 Å². The maximum atomic E-state index is 6.29. The Bertz CT molecular complexity index is 381. The van der Waals surface area contributed by atoms with Gasteiger partial charge in [0.2, 0.25) is 0 Å². The van der Waals surface area contributed by atoms with E-state index in [1.54, 1.807) is 0 Å². The molecule has 2 aliphatic carbocycles. The number of H-pyrrole nitrogens is 1. The fourth-order valence-corrected chi connectivity index (χ4v) is 3.50. The Labute approximate surface area is 109 Å². The number of hydrogen-bond acceptors (Lipinski definition) is 3. The highest BCUT2D eigenvalue weighted by molar-refractivity contribution is 5.06. The predicted octanol–water partition coefficient (Wildman–Crippen LogP) is 2.84. The van der Waals surface area contributed by atoms with Gasteiger partial charge in [0.15, 0.2) is 5.82 Å². The van der Waals surface area contributed by atoms with Crippen molar-refractivity contribution >= 4 is 0 Å². The van der Waals surface area contributed by atoms with E-state index >= 15 is 0 Å². The summed E-state index contributed by atoms with van der Waals surface area (Å²) in [5, 5.41) is 7.62. The van der Waals surface area contributed by atoms with E-state index in [-0.39, 0.29) is 6.04 Å². The molecule has 0 amide bonds. The minimum absolute atomic E-state index is 0.261. The van der Waals surface area contributed by atoms with Gasteiger partial charge in [0, 0.05) is 17.9 Å². The van der Waals surface area contributed by atoms with Gasteiger partial charge in [-0.1, -0.05) is 32.1 Å². The average Bonchev–Trinajstić information content (AvgIpc) is 3.00. The molecular formula is C14H24N4. The summed E-state index contributed by atoms with van der Waals surface area (Å²) in [6.45, 7) is 0. The maximum Gasteiger partial charge on any atom is 0.153 e. The van der Waals surface area contributed by atoms with Crippen LogP contribution in [0.15, 0.2) is 0 Å². The molecule has 0 aliphatic heterocycles. The minimum atomic E-state index is 0.261. The molecule has 0 spiro atoms. The highest BCUT2D eigenvalue weighted by Gasteiger charge is 2.27. The number of nitrogens with one attached hydrogen (secondary N) is 1. The van der Waals surface area contributed by atoms with E-state index in [9.17, 15) is 0 Å². The van der Waals surface area contributed by atoms with Gasteiger partial charge in [-0.05, 0) is 25.7 Å². The van der Waals surface area contributed by atoms with E-state index < -0.39 is 0 Å². The monoisotopic (exact) mass is 248 g/mol. The highest BCUT2D eigenvalue weighted by Crippen LogP contribution is 2.34. The quantitative estimate of drug-likeness (QED) is 0.791. The number of aromatic amines is 1. The standard InChI is InChI=1S/C14H24N4/c15-12-9-3-1-2-8-11(12)14-16-13(17-18-14)10-6-4-5-7-10/h10-12H,1-9,15H2,(H,16,17,18). The minimum Gasteiger partial charge on any atom is -0.327 e. The zero-order valence-electron chi connectivity index (χ0n) is 11.1. The molecule has 2 unspecified atom stereocenters. The lowest BCUT2D eigenvalue weighted by Crippen LogP contribution is -2.28. The van der Waals surface area contributed by atoms with Crippen LogP contribution in [0.1, 0.15) is 81.3 Å². The van der Waals surface area contributed by atoms with Crippen molar-refractivity contribution in [3.05, 3.63) is 11.6 Å². The molecule has 100 valence electrons. The number of aromatic nitrogens is 3. The van der Waals surface area contributed by atoms with Crippen molar-refractivity contribution in [1.29, 1.82) is 0 Å². The maximum absolute atomic E-state index is 6.29. The lowest BCUT2D eigenvalue weighted by Gasteiger charge is -2.18. The van der Waals surface area contributed by atoms with Crippen molar-refractivity contribution in [2.24, 2.45) is 5.73 Å². The van der Waals surface area contributed by atoms with Crippen molar-refractivity contribution in [2.45, 2.75) is 75.7 Å². The second-order valence-corrected chi connectivity index (χ2v) is 5.97. The Morgan fingerprint density at radius 2 is 1.67 bits per heavy atom. The third-order valence-electron chi connectivity index (χ3n) is 4.66. The third-order valence-corrected chi connectivity index (χ3v) is 4.66. The van der Waals surface area contributed by atoms with Crippen molar-refractivity contribution < 1.29 is 0 Å². The van der Waals surface area contributed by atoms with E-state index in [1.807, 2.05) is 0 Å². The average molecular weight is 248 g/mol. The van der Waals surface area contributed by atoms with Gasteiger partial charge in [-0.15, -0.1) is 0 Å². The molecule has 1 aromatic rings. The number of hydrogen-bond donors (Lipinski definition) is 2. The predicted molar refractivity (Wildman–Crippen MR) is 71.4 cm³/mol. The summed E-state index contributed by atoms with van der Waals surface area (Å²) in [6.07, 6.45) is 11.3. The van der Waals surface area contributed by atoms with E-state index in [0.29, 0.717) is 11.8 Å². The Hall–Kier alpha value is -0.900. The first kappa shape index (κ1) is 12.2. The molecule has 18 heavy (non-hydrogen) atoms. The first-order valence-corrected chi connectivity index (χ1v) is 7.52. The molecule has 0 bridgehead atoms. The van der Waals surface area contributed by atoms with Gasteiger partial charge in [0.1, 0.15) is 5.82 Å². The molecular weight excluding hydrogens is 224 g/mol. The van der Waals surface area contributed by atoms with Crippen LogP contribution < -0.4 is 5.73 Å². The number of rotatable bonds is 2. The fraction of sp³-hybridized carbons (Fsp3) is 0.857. The molecule has 1 aromatic heterocycles. The SMILES string of the molecule is NC1CCCCCC1c1nc(C2CCCC2)n[nH]1. The van der Waals surface area contributed by atoms with Crippen LogP contribution in [0.2, 0.25) is 0 Å². The zero-order valence-corrected chi connectivity index (χ0v) is 11.1. The van der Waals surface area contributed by atoms with Crippen LogP contribution in [0, 0.1) is 0 Å². The first-order chi connectivity index (χ1) is 8.84. The molecule has 1 heterocycles. The molecule has 2 aliphatic rings. The van der Waals surface area contributed by atoms with Crippen LogP contribution in [0.25, 0.3) is 0 Å². The van der Waals surface area contributed by atoms with Crippen molar-refractivity contribution in [3.63, 3.8) is 0 Å². The van der Waals surface area contributed by atoms with Crippen LogP contribution in [0.4, 0.5) is 0 Å². The molecule has 0 saturated heterocycles. The molecule has 2 atom stereocenters. The van der Waals surface area contributed by atoms with E-state index in [0.717, 1.165) is 18.1 Å². The van der Waals surface area contributed by atoms with Gasteiger partial charge in [0.25, 0.3) is 0 Å². The molecule has 4 nitrogen and oxygen atoms in total. The highest BCUT2D eigenvalue weighted by atomic mass is 15.2. The fourth-order valence-electron chi connectivity index (χ4n) is 3.50. The van der Waals surface area contributed by atoms with Crippen LogP contribution >= 0.6 is 0 Å². The summed E-state index contributed by atoms with van der Waals surface area (Å²) >= 11 is 0. The second-order valence-electron chi connectivity index (χ2n) is 5.97. The molecule has 0 radical (unpaired) electrons. The lowest BCUT2D eigenvalue weighted by atomic mass is 9.95. The number of nitrogens with zero attached hydrogens (tertiary/aromatic N) is 2. The summed E-state index contributed by atoms with van der Waals surface area (Å²) in [6, 6.07) is 0.261. The third kappa shape index (κ3) is 2.44. The van der Waals surface area contributed by atoms with E-state index in [1.165, 1.54) is 51.4 Å². The topological polar surface area (TPSA) is 67.6 Å². The Morgan fingerprint density at radius 1 is 0.944 bits per heavy atom. The lowest BCUT2D eigenvalue weighted by molar-refractivity contribution is 0.484. The van der Waals surface area contributed by atoms with E-state index in [4.69, 9.17) is 10.7 Å². The van der Waals surface area contributed by atoms with Gasteiger partial charge in [-0.2, -0.15) is 5.10 Å².